The summed E-state index contributed by atoms with van der Waals surface area (Å²) in [7, 11) is 0. The summed E-state index contributed by atoms with van der Waals surface area (Å²) in [4.78, 5) is 35.0. The molecule has 3 aromatic rings. The van der Waals surface area contributed by atoms with Gasteiger partial charge in [-0.25, -0.2) is 9.97 Å². The average Bonchev–Trinajstić information content (AvgIpc) is 3.49. The van der Waals surface area contributed by atoms with Crippen molar-refractivity contribution in [2.24, 2.45) is 5.92 Å². The minimum atomic E-state index is -0.891. The Morgan fingerprint density at radius 1 is 1.24 bits per heavy atom. The number of nitrogens with zero attached hydrogens (tertiary/aromatic N) is 4. The highest BCUT2D eigenvalue weighted by molar-refractivity contribution is 5.86. The maximum absolute atomic E-state index is 12.6. The molecule has 29 heavy (non-hydrogen) atoms. The number of aryl methyl sites for hydroxylation is 1. The van der Waals surface area contributed by atoms with E-state index in [-0.39, 0.29) is 18.2 Å². The Kier molecular flexibility index (Phi) is 5.05. The Labute approximate surface area is 169 Å². The maximum atomic E-state index is 12.6. The van der Waals surface area contributed by atoms with E-state index in [1.165, 1.54) is 0 Å². The van der Waals surface area contributed by atoms with Crippen molar-refractivity contribution in [2.45, 2.75) is 39.7 Å². The Morgan fingerprint density at radius 3 is 2.72 bits per heavy atom. The lowest BCUT2D eigenvalue weighted by molar-refractivity contribution is -0.136. The number of carbonyl (C=O) groups excluding carboxylic acids is 1. The molecule has 3 heterocycles. The van der Waals surface area contributed by atoms with Crippen molar-refractivity contribution in [2.75, 3.05) is 6.54 Å². The van der Waals surface area contributed by atoms with Gasteiger partial charge in [-0.15, -0.1) is 0 Å². The van der Waals surface area contributed by atoms with Crippen LogP contribution in [-0.2, 0) is 22.6 Å². The predicted molar refractivity (Wildman–Crippen MR) is 109 cm³/mol. The van der Waals surface area contributed by atoms with Crippen LogP contribution < -0.4 is 0 Å². The lowest BCUT2D eigenvalue weighted by Crippen LogP contribution is -2.32. The van der Waals surface area contributed by atoms with Crippen molar-refractivity contribution in [3.63, 3.8) is 0 Å². The second-order valence-corrected chi connectivity index (χ2v) is 7.53. The van der Waals surface area contributed by atoms with E-state index in [1.54, 1.807) is 12.4 Å². The van der Waals surface area contributed by atoms with Crippen LogP contribution in [0.25, 0.3) is 16.9 Å². The zero-order chi connectivity index (χ0) is 20.5. The SMILES string of the molecule is CCN(Cc1cccnc1-n1cc(CC(=O)O)c2ccc(C)nc21)C(=O)C1CC1. The Bertz CT molecular complexity index is 1080. The number of aromatic nitrogens is 3. The van der Waals surface area contributed by atoms with E-state index in [0.717, 1.165) is 29.5 Å². The Hall–Kier alpha value is -3.22. The van der Waals surface area contributed by atoms with Gasteiger partial charge in [0.1, 0.15) is 11.5 Å². The fourth-order valence-corrected chi connectivity index (χ4v) is 3.64. The van der Waals surface area contributed by atoms with Gasteiger partial charge in [-0.1, -0.05) is 6.07 Å². The molecule has 0 atom stereocenters. The fourth-order valence-electron chi connectivity index (χ4n) is 3.64. The summed E-state index contributed by atoms with van der Waals surface area (Å²) >= 11 is 0. The third-order valence-electron chi connectivity index (χ3n) is 5.29. The molecule has 1 N–H and O–H groups in total. The van der Waals surface area contributed by atoms with Crippen LogP contribution in [0.5, 0.6) is 0 Å². The van der Waals surface area contributed by atoms with E-state index < -0.39 is 5.97 Å². The highest BCUT2D eigenvalue weighted by atomic mass is 16.4. The van der Waals surface area contributed by atoms with Crippen molar-refractivity contribution in [1.29, 1.82) is 0 Å². The molecule has 1 amide bonds. The molecule has 0 bridgehead atoms. The molecule has 0 saturated heterocycles. The average molecular weight is 392 g/mol. The summed E-state index contributed by atoms with van der Waals surface area (Å²) in [5, 5.41) is 10.1. The first-order valence-corrected chi connectivity index (χ1v) is 9.90. The minimum absolute atomic E-state index is 0.0857. The van der Waals surface area contributed by atoms with Crippen LogP contribution in [-0.4, -0.2) is 43.0 Å². The van der Waals surface area contributed by atoms with Gasteiger partial charge in [0, 0.05) is 48.0 Å². The number of aliphatic carboxylic acids is 1. The zero-order valence-electron chi connectivity index (χ0n) is 16.6. The number of amides is 1. The van der Waals surface area contributed by atoms with Crippen LogP contribution in [0.2, 0.25) is 0 Å². The van der Waals surface area contributed by atoms with Crippen molar-refractivity contribution >= 4 is 22.9 Å². The molecular weight excluding hydrogens is 368 g/mol. The Balaban J connectivity index is 1.79. The molecule has 0 aromatic carbocycles. The van der Waals surface area contributed by atoms with Crippen LogP contribution in [0.15, 0.2) is 36.7 Å². The molecule has 1 saturated carbocycles. The molecule has 3 aromatic heterocycles. The summed E-state index contributed by atoms with van der Waals surface area (Å²) in [6.45, 7) is 4.99. The molecule has 4 rings (SSSR count). The van der Waals surface area contributed by atoms with Gasteiger partial charge in [0.25, 0.3) is 0 Å². The van der Waals surface area contributed by atoms with Gasteiger partial charge in [0.15, 0.2) is 0 Å². The van der Waals surface area contributed by atoms with E-state index in [4.69, 9.17) is 0 Å². The molecule has 0 spiro atoms. The Morgan fingerprint density at radius 2 is 2.03 bits per heavy atom. The fraction of sp³-hybridized carbons (Fsp3) is 0.364. The molecular formula is C22H24N4O3. The number of hydrogen-bond donors (Lipinski definition) is 1. The second-order valence-electron chi connectivity index (χ2n) is 7.53. The summed E-state index contributed by atoms with van der Waals surface area (Å²) < 4.78 is 1.85. The number of hydrogen-bond acceptors (Lipinski definition) is 4. The number of rotatable bonds is 7. The van der Waals surface area contributed by atoms with Gasteiger partial charge >= 0.3 is 5.97 Å². The van der Waals surface area contributed by atoms with E-state index >= 15 is 0 Å². The molecule has 0 unspecified atom stereocenters. The van der Waals surface area contributed by atoms with Gasteiger partial charge in [0.2, 0.25) is 5.91 Å². The normalized spacial score (nSPS) is 13.6. The standard InChI is InChI=1S/C22H24N4O3/c1-3-25(22(29)15-7-8-15)12-16-5-4-10-23-20(16)26-13-17(11-19(27)28)18-9-6-14(2)24-21(18)26/h4-6,9-10,13,15H,3,7-8,11-12H2,1-2H3,(H,27,28). The summed E-state index contributed by atoms with van der Waals surface area (Å²) in [6, 6.07) is 7.61. The first-order chi connectivity index (χ1) is 14.0. The summed E-state index contributed by atoms with van der Waals surface area (Å²) in [5.74, 6) is 0.140. The van der Waals surface area contributed by atoms with E-state index in [0.29, 0.717) is 30.1 Å². The second kappa shape index (κ2) is 7.66. The molecule has 1 fully saturated rings. The number of fused-ring (bicyclic) bond motifs is 1. The van der Waals surface area contributed by atoms with Gasteiger partial charge < -0.3 is 10.0 Å². The lowest BCUT2D eigenvalue weighted by Gasteiger charge is -2.22. The van der Waals surface area contributed by atoms with Crippen molar-refractivity contribution < 1.29 is 14.7 Å². The van der Waals surface area contributed by atoms with Crippen LogP contribution >= 0.6 is 0 Å². The van der Waals surface area contributed by atoms with E-state index in [1.807, 2.05) is 47.6 Å². The number of carbonyl (C=O) groups is 2. The molecule has 150 valence electrons. The smallest absolute Gasteiger partial charge is 0.307 e. The van der Waals surface area contributed by atoms with Gasteiger partial charge in [-0.3, -0.25) is 14.2 Å². The number of carboxylic acids is 1. The van der Waals surface area contributed by atoms with E-state index in [9.17, 15) is 14.7 Å². The summed E-state index contributed by atoms with van der Waals surface area (Å²) in [5.41, 5.74) is 3.12. The van der Waals surface area contributed by atoms with Crippen LogP contribution in [0.4, 0.5) is 0 Å². The number of carboxylic acid groups (broad SMARTS) is 1. The monoisotopic (exact) mass is 392 g/mol. The third kappa shape index (κ3) is 3.85. The molecule has 0 aliphatic heterocycles. The first-order valence-electron chi connectivity index (χ1n) is 9.90. The third-order valence-corrected chi connectivity index (χ3v) is 5.29. The number of pyridine rings is 2. The molecule has 7 nitrogen and oxygen atoms in total. The van der Waals surface area contributed by atoms with Crippen molar-refractivity contribution in [1.82, 2.24) is 19.4 Å². The van der Waals surface area contributed by atoms with Gasteiger partial charge in [0.05, 0.1) is 6.42 Å². The van der Waals surface area contributed by atoms with Crippen LogP contribution in [0.3, 0.4) is 0 Å². The molecule has 1 aliphatic rings. The quantitative estimate of drug-likeness (QED) is 0.667. The highest BCUT2D eigenvalue weighted by Gasteiger charge is 2.33. The minimum Gasteiger partial charge on any atom is -0.481 e. The van der Waals surface area contributed by atoms with Crippen LogP contribution in [0.1, 0.15) is 36.6 Å². The predicted octanol–water partition coefficient (Wildman–Crippen LogP) is 3.11. The van der Waals surface area contributed by atoms with Gasteiger partial charge in [-0.05, 0) is 50.5 Å². The molecule has 7 heteroatoms. The van der Waals surface area contributed by atoms with Crippen molar-refractivity contribution in [3.8, 4) is 5.82 Å². The summed E-state index contributed by atoms with van der Waals surface area (Å²) in [6.07, 6.45) is 5.36. The zero-order valence-corrected chi connectivity index (χ0v) is 16.6. The van der Waals surface area contributed by atoms with Crippen LogP contribution in [0, 0.1) is 12.8 Å². The topological polar surface area (TPSA) is 88.3 Å². The van der Waals surface area contributed by atoms with Crippen molar-refractivity contribution in [3.05, 3.63) is 53.5 Å². The largest absolute Gasteiger partial charge is 0.481 e. The highest BCUT2D eigenvalue weighted by Crippen LogP contribution is 2.32. The maximum Gasteiger partial charge on any atom is 0.307 e. The molecule has 0 radical (unpaired) electrons. The first kappa shape index (κ1) is 19.1. The van der Waals surface area contributed by atoms with E-state index in [2.05, 4.69) is 9.97 Å². The molecule has 1 aliphatic carbocycles. The lowest BCUT2D eigenvalue weighted by atomic mass is 10.1. The van der Waals surface area contributed by atoms with Gasteiger partial charge in [-0.2, -0.15) is 0 Å².